The summed E-state index contributed by atoms with van der Waals surface area (Å²) in [7, 11) is 3.22. The van der Waals surface area contributed by atoms with Gasteiger partial charge in [0, 0.05) is 77.2 Å². The molecule has 0 amide bonds. The predicted molar refractivity (Wildman–Crippen MR) is 246 cm³/mol. The quantitative estimate of drug-likeness (QED) is 0.0982. The number of hydrogen-bond acceptors (Lipinski definition) is 18. The number of benzene rings is 4. The minimum atomic E-state index is -2.24. The molecule has 1 aromatic heterocycles. The summed E-state index contributed by atoms with van der Waals surface area (Å²) in [4.78, 5) is 54.5. The van der Waals surface area contributed by atoms with Gasteiger partial charge in [-0.15, -0.1) is 12.4 Å². The van der Waals surface area contributed by atoms with E-state index in [4.69, 9.17) is 36.0 Å². The standard InChI is InChI=1S/C27H29NO11.C21H20ClNO5.ClH/c1-10-22(31)13(28)6-17(38-10)39-15-8-27(36,16(30)9-29)7-12-19(15)26(35)21-20(24(12)33)23(32)11-4-3-5-14(37-2)18(11)25(21)34;1-23-7-6-12(14(23)10-24)19-15(25)8-16(26)20-17(27)9-18(28-21(19)20)11-4-2-3-5-13(11)22;/h3-5,10,13,15,17,22,29,31,33,35-36H,6-9,28H2,1-2H3;2-5,8-9,12,14,24-26H,6-7,10H2,1H3;1H/t10-,13-,15-,17-,22+,27-;12-,14+;/m00./s1. The van der Waals surface area contributed by atoms with Gasteiger partial charge >= 0.3 is 0 Å². The van der Waals surface area contributed by atoms with Crippen molar-refractivity contribution in [3.8, 4) is 40.1 Å². The topological polar surface area (TPSA) is 300 Å². The zero-order valence-corrected chi connectivity index (χ0v) is 38.4. The molecule has 0 unspecified atom stereocenters. The fourth-order valence-electron chi connectivity index (χ4n) is 9.84. The summed E-state index contributed by atoms with van der Waals surface area (Å²) in [6.07, 6.45) is -4.45. The van der Waals surface area contributed by atoms with E-state index >= 15 is 0 Å². The molecule has 2 aliphatic carbocycles. The number of halogens is 2. The van der Waals surface area contributed by atoms with Crippen molar-refractivity contribution in [1.29, 1.82) is 0 Å². The Balaban J connectivity index is 0.000000209. The summed E-state index contributed by atoms with van der Waals surface area (Å²) < 4.78 is 23.0. The minimum absolute atomic E-state index is 0. The number of phenolic OH excluding ortho intramolecular Hbond substituents is 4. The number of aliphatic hydroxyl groups excluding tert-OH is 3. The molecular formula is C48H50Cl2N2O16. The average molecular weight is 982 g/mol. The van der Waals surface area contributed by atoms with E-state index in [1.807, 2.05) is 11.9 Å². The maximum Gasteiger partial charge on any atom is 0.202 e. The molecule has 0 radical (unpaired) electrons. The van der Waals surface area contributed by atoms with Crippen LogP contribution in [0.2, 0.25) is 5.02 Å². The Hall–Kier alpha value is -5.64. The fraction of sp³-hybridized carbons (Fsp3) is 0.375. The molecule has 10 N–H and O–H groups in total. The number of rotatable bonds is 8. The molecule has 9 rings (SSSR count). The Morgan fingerprint density at radius 1 is 0.941 bits per heavy atom. The first kappa shape index (κ1) is 50.2. The number of methoxy groups -OCH3 is 1. The van der Waals surface area contributed by atoms with Crippen molar-refractivity contribution in [2.45, 2.75) is 80.8 Å². The van der Waals surface area contributed by atoms with Gasteiger partial charge in [-0.1, -0.05) is 35.9 Å². The number of fused-ring (bicyclic) bond motifs is 4. The van der Waals surface area contributed by atoms with Crippen LogP contribution >= 0.6 is 24.0 Å². The second-order valence-corrected chi connectivity index (χ2v) is 17.7. The number of carbonyl (C=O) groups is 3. The van der Waals surface area contributed by atoms with Crippen LogP contribution in [0, 0.1) is 0 Å². The number of likely N-dealkylation sites (N-methyl/N-ethyl adjacent to an activating group) is 1. The normalized spacial score (nSPS) is 25.4. The van der Waals surface area contributed by atoms with Gasteiger partial charge in [-0.25, -0.2) is 0 Å². The molecule has 8 atom stereocenters. The van der Waals surface area contributed by atoms with Crippen molar-refractivity contribution in [2.75, 3.05) is 33.9 Å². The summed E-state index contributed by atoms with van der Waals surface area (Å²) in [5, 5.41) is 84.8. The zero-order chi connectivity index (χ0) is 48.4. The molecule has 362 valence electrons. The highest BCUT2D eigenvalue weighted by atomic mass is 35.5. The molecule has 2 fully saturated rings. The van der Waals surface area contributed by atoms with Crippen molar-refractivity contribution >= 4 is 52.3 Å². The molecule has 5 aromatic rings. The minimum Gasteiger partial charge on any atom is -0.507 e. The molecule has 0 spiro atoms. The van der Waals surface area contributed by atoms with Gasteiger partial charge < -0.3 is 70.1 Å². The third-order valence-corrected chi connectivity index (χ3v) is 13.7. The number of aromatic hydroxyl groups is 4. The number of carbonyl (C=O) groups excluding carboxylic acids is 3. The van der Waals surface area contributed by atoms with Crippen LogP contribution in [0.15, 0.2) is 63.8 Å². The summed E-state index contributed by atoms with van der Waals surface area (Å²) in [5.74, 6) is -4.28. The Morgan fingerprint density at radius 2 is 1.63 bits per heavy atom. The number of ketones is 3. The number of phenols is 4. The van der Waals surface area contributed by atoms with Crippen LogP contribution in [0.3, 0.4) is 0 Å². The lowest BCUT2D eigenvalue weighted by molar-refractivity contribution is -0.247. The molecule has 4 aromatic carbocycles. The van der Waals surface area contributed by atoms with Gasteiger partial charge in [0.05, 0.1) is 53.7 Å². The summed E-state index contributed by atoms with van der Waals surface area (Å²) in [5.41, 5.74) is 3.03. The maximum atomic E-state index is 13.6. The number of nitrogens with two attached hydrogens (primary N) is 1. The summed E-state index contributed by atoms with van der Waals surface area (Å²) >= 11 is 6.26. The SMILES string of the molecule is CN1CC[C@H](c2c(O)cc(O)c3c(=O)cc(-c4ccccc4Cl)oc23)[C@H]1CO.COc1cccc2c1C(=O)c1c(O)c3c(c(O)c1C2=O)C[C@@](O)(C(=O)CO)C[C@@H]3O[C@H]1C[C@H](N)[C@H](O)[C@H](C)O1.Cl. The van der Waals surface area contributed by atoms with Crippen molar-refractivity contribution < 1.29 is 73.9 Å². The third-order valence-electron chi connectivity index (χ3n) is 13.3. The lowest BCUT2D eigenvalue weighted by Gasteiger charge is -2.42. The van der Waals surface area contributed by atoms with E-state index in [2.05, 4.69) is 0 Å². The van der Waals surface area contributed by atoms with Gasteiger partial charge in [-0.05, 0) is 45.1 Å². The first-order valence-corrected chi connectivity index (χ1v) is 21.8. The Kier molecular flexibility index (Phi) is 14.3. The Labute approximate surface area is 399 Å². The number of Topliss-reactive ketones (excluding diaryl/α,β-unsaturated/α-hetero) is 1. The van der Waals surface area contributed by atoms with Gasteiger partial charge in [0.15, 0.2) is 23.3 Å². The molecule has 2 saturated heterocycles. The molecule has 68 heavy (non-hydrogen) atoms. The molecule has 20 heteroatoms. The van der Waals surface area contributed by atoms with Gasteiger partial charge in [-0.2, -0.15) is 0 Å². The van der Waals surface area contributed by atoms with E-state index in [1.54, 1.807) is 31.2 Å². The van der Waals surface area contributed by atoms with Crippen LogP contribution in [-0.2, 0) is 20.7 Å². The maximum absolute atomic E-state index is 13.6. The van der Waals surface area contributed by atoms with Crippen molar-refractivity contribution in [2.24, 2.45) is 5.73 Å². The van der Waals surface area contributed by atoms with Crippen molar-refractivity contribution in [3.05, 3.63) is 109 Å². The predicted octanol–water partition coefficient (Wildman–Crippen LogP) is 3.73. The van der Waals surface area contributed by atoms with E-state index < -0.39 is 101 Å². The first-order valence-electron chi connectivity index (χ1n) is 21.4. The molecule has 0 bridgehead atoms. The summed E-state index contributed by atoms with van der Waals surface area (Å²) in [6, 6.07) is 12.8. The second-order valence-electron chi connectivity index (χ2n) is 17.3. The molecule has 0 saturated carbocycles. The molecule has 2 aliphatic heterocycles. The number of likely N-dealkylation sites (tertiary alicyclic amines) is 1. The van der Waals surface area contributed by atoms with E-state index in [0.717, 1.165) is 12.6 Å². The van der Waals surface area contributed by atoms with Crippen LogP contribution in [0.5, 0.6) is 28.7 Å². The van der Waals surface area contributed by atoms with E-state index in [0.29, 0.717) is 22.6 Å². The van der Waals surface area contributed by atoms with Crippen molar-refractivity contribution in [1.82, 2.24) is 4.90 Å². The first-order chi connectivity index (χ1) is 31.8. The van der Waals surface area contributed by atoms with Crippen LogP contribution in [0.4, 0.5) is 0 Å². The second kappa shape index (κ2) is 19.4. The van der Waals surface area contributed by atoms with Gasteiger partial charge in [0.2, 0.25) is 5.78 Å². The zero-order valence-electron chi connectivity index (χ0n) is 36.8. The third kappa shape index (κ3) is 8.48. The fourth-order valence-corrected chi connectivity index (χ4v) is 10.1. The molecule has 3 heterocycles. The number of ether oxygens (including phenoxy) is 3. The highest BCUT2D eigenvalue weighted by Gasteiger charge is 2.50. The van der Waals surface area contributed by atoms with Crippen molar-refractivity contribution in [3.63, 3.8) is 0 Å². The number of nitrogens with zero attached hydrogens (tertiary/aromatic N) is 1. The van der Waals surface area contributed by atoms with Gasteiger partial charge in [-0.3, -0.25) is 19.2 Å². The van der Waals surface area contributed by atoms with E-state index in [1.165, 1.54) is 31.4 Å². The van der Waals surface area contributed by atoms with Gasteiger partial charge in [0.25, 0.3) is 0 Å². The molecule has 18 nitrogen and oxygen atoms in total. The highest BCUT2D eigenvalue weighted by Crippen LogP contribution is 2.53. The lowest BCUT2D eigenvalue weighted by Crippen LogP contribution is -2.53. The number of hydrogen-bond donors (Lipinski definition) is 9. The number of aliphatic hydroxyl groups is 4. The molecule has 4 aliphatic rings. The molecular weight excluding hydrogens is 931 g/mol. The highest BCUT2D eigenvalue weighted by molar-refractivity contribution is 6.33. The Bertz CT molecular complexity index is 2880. The van der Waals surface area contributed by atoms with Crippen LogP contribution in [-0.4, -0.2) is 133 Å². The lowest BCUT2D eigenvalue weighted by atomic mass is 9.72. The smallest absolute Gasteiger partial charge is 0.202 e. The summed E-state index contributed by atoms with van der Waals surface area (Å²) in [6.45, 7) is 1.19. The monoisotopic (exact) mass is 980 g/mol. The van der Waals surface area contributed by atoms with E-state index in [9.17, 15) is 60.0 Å². The van der Waals surface area contributed by atoms with Crippen LogP contribution in [0.25, 0.3) is 22.3 Å². The van der Waals surface area contributed by atoms with Crippen LogP contribution in [0.1, 0.15) is 86.7 Å². The largest absolute Gasteiger partial charge is 0.507 e. The van der Waals surface area contributed by atoms with Crippen LogP contribution < -0.4 is 15.9 Å². The Morgan fingerprint density at radius 3 is 2.29 bits per heavy atom. The average Bonchev–Trinajstić information content (AvgIpc) is 3.66. The van der Waals surface area contributed by atoms with E-state index in [-0.39, 0.29) is 93.6 Å². The van der Waals surface area contributed by atoms with Gasteiger partial charge in [0.1, 0.15) is 57.7 Å².